The van der Waals surface area contributed by atoms with E-state index in [0.717, 1.165) is 11.5 Å². The zero-order valence-corrected chi connectivity index (χ0v) is 9.71. The van der Waals surface area contributed by atoms with Crippen LogP contribution in [-0.4, -0.2) is 10.2 Å². The highest BCUT2D eigenvalue weighted by atomic mass is 16.4. The summed E-state index contributed by atoms with van der Waals surface area (Å²) < 4.78 is 16.0. The molecule has 0 aliphatic heterocycles. The van der Waals surface area contributed by atoms with Gasteiger partial charge in [0.05, 0.1) is 12.8 Å². The van der Waals surface area contributed by atoms with Crippen LogP contribution in [0.4, 0.5) is 6.01 Å². The third-order valence-corrected chi connectivity index (χ3v) is 2.37. The molecule has 1 N–H and O–H groups in total. The van der Waals surface area contributed by atoms with E-state index in [4.69, 9.17) is 13.3 Å². The molecule has 18 heavy (non-hydrogen) atoms. The summed E-state index contributed by atoms with van der Waals surface area (Å²) in [6.07, 6.45) is 1.55. The molecule has 0 saturated heterocycles. The molecule has 0 bridgehead atoms. The molecule has 0 aromatic carbocycles. The van der Waals surface area contributed by atoms with E-state index in [1.54, 1.807) is 18.4 Å². The highest BCUT2D eigenvalue weighted by Gasteiger charge is 2.10. The van der Waals surface area contributed by atoms with Gasteiger partial charge in [-0.1, -0.05) is 5.10 Å². The number of aryl methyl sites for hydroxylation is 1. The fourth-order valence-corrected chi connectivity index (χ4v) is 1.54. The highest BCUT2D eigenvalue weighted by molar-refractivity contribution is 5.44. The molecule has 0 fully saturated rings. The van der Waals surface area contributed by atoms with E-state index in [0.29, 0.717) is 24.2 Å². The van der Waals surface area contributed by atoms with E-state index in [2.05, 4.69) is 15.5 Å². The average molecular weight is 245 g/mol. The Labute approximate surface area is 103 Å². The van der Waals surface area contributed by atoms with Crippen molar-refractivity contribution in [1.82, 2.24) is 10.2 Å². The third kappa shape index (κ3) is 2.13. The molecular formula is C12H11N3O3. The monoisotopic (exact) mass is 245 g/mol. The predicted molar refractivity (Wildman–Crippen MR) is 62.8 cm³/mol. The number of hydrogen-bond acceptors (Lipinski definition) is 6. The van der Waals surface area contributed by atoms with Crippen molar-refractivity contribution in [3.8, 4) is 11.7 Å². The predicted octanol–water partition coefficient (Wildman–Crippen LogP) is 2.84. The third-order valence-electron chi connectivity index (χ3n) is 2.37. The van der Waals surface area contributed by atoms with Crippen LogP contribution in [0.3, 0.4) is 0 Å². The summed E-state index contributed by atoms with van der Waals surface area (Å²) in [5.41, 5.74) is 0. The first-order valence-electron chi connectivity index (χ1n) is 5.48. The van der Waals surface area contributed by atoms with Gasteiger partial charge in [0.25, 0.3) is 5.89 Å². The summed E-state index contributed by atoms with van der Waals surface area (Å²) in [7, 11) is 0. The summed E-state index contributed by atoms with van der Waals surface area (Å²) in [5, 5.41) is 10.7. The van der Waals surface area contributed by atoms with Gasteiger partial charge in [0.1, 0.15) is 11.5 Å². The second-order valence-corrected chi connectivity index (χ2v) is 3.76. The van der Waals surface area contributed by atoms with Gasteiger partial charge < -0.3 is 18.6 Å². The van der Waals surface area contributed by atoms with Gasteiger partial charge in [0.15, 0.2) is 5.76 Å². The normalized spacial score (nSPS) is 10.7. The van der Waals surface area contributed by atoms with Crippen molar-refractivity contribution in [3.63, 3.8) is 0 Å². The lowest BCUT2D eigenvalue weighted by Crippen LogP contribution is -1.97. The van der Waals surface area contributed by atoms with E-state index < -0.39 is 0 Å². The molecule has 0 atom stereocenters. The van der Waals surface area contributed by atoms with E-state index in [9.17, 15) is 0 Å². The van der Waals surface area contributed by atoms with Crippen LogP contribution in [-0.2, 0) is 6.54 Å². The van der Waals surface area contributed by atoms with Crippen molar-refractivity contribution >= 4 is 6.01 Å². The maximum absolute atomic E-state index is 5.41. The van der Waals surface area contributed by atoms with E-state index >= 15 is 0 Å². The SMILES string of the molecule is Cc1ccc(CNc2nnc(-c3ccco3)o2)o1. The minimum absolute atomic E-state index is 0.329. The lowest BCUT2D eigenvalue weighted by atomic mass is 10.4. The van der Waals surface area contributed by atoms with Gasteiger partial charge in [0.2, 0.25) is 0 Å². The van der Waals surface area contributed by atoms with Gasteiger partial charge in [-0.3, -0.25) is 0 Å². The standard InChI is InChI=1S/C12H11N3O3/c1-8-4-5-9(17-8)7-13-12-15-14-11(18-12)10-3-2-6-16-10/h2-6H,7H2,1H3,(H,13,15). The van der Waals surface area contributed by atoms with Crippen LogP contribution < -0.4 is 5.32 Å². The molecule has 0 radical (unpaired) electrons. The van der Waals surface area contributed by atoms with Gasteiger partial charge >= 0.3 is 6.01 Å². The van der Waals surface area contributed by atoms with E-state index in [-0.39, 0.29) is 0 Å². The number of anilines is 1. The number of aromatic nitrogens is 2. The van der Waals surface area contributed by atoms with Crippen molar-refractivity contribution in [3.05, 3.63) is 42.0 Å². The van der Waals surface area contributed by atoms with Crippen LogP contribution in [0.5, 0.6) is 0 Å². The van der Waals surface area contributed by atoms with Crippen LogP contribution in [0, 0.1) is 6.92 Å². The summed E-state index contributed by atoms with van der Waals surface area (Å²) in [6, 6.07) is 7.65. The lowest BCUT2D eigenvalue weighted by Gasteiger charge is -1.96. The molecule has 3 aromatic rings. The fourth-order valence-electron chi connectivity index (χ4n) is 1.54. The summed E-state index contributed by atoms with van der Waals surface area (Å²) in [5.74, 6) is 2.57. The molecular weight excluding hydrogens is 234 g/mol. The Morgan fingerprint density at radius 1 is 1.17 bits per heavy atom. The Morgan fingerprint density at radius 3 is 2.83 bits per heavy atom. The Hall–Kier alpha value is -2.50. The number of nitrogens with zero attached hydrogens (tertiary/aromatic N) is 2. The number of rotatable bonds is 4. The maximum atomic E-state index is 5.41. The molecule has 6 nitrogen and oxygen atoms in total. The Balaban J connectivity index is 1.67. The number of nitrogens with one attached hydrogen (secondary N) is 1. The second-order valence-electron chi connectivity index (χ2n) is 3.76. The zero-order valence-electron chi connectivity index (χ0n) is 9.71. The van der Waals surface area contributed by atoms with Gasteiger partial charge in [-0.2, -0.15) is 0 Å². The van der Waals surface area contributed by atoms with Gasteiger partial charge in [-0.05, 0) is 31.2 Å². The Bertz CT molecular complexity index is 625. The Morgan fingerprint density at radius 2 is 2.11 bits per heavy atom. The van der Waals surface area contributed by atoms with Crippen LogP contribution >= 0.6 is 0 Å². The molecule has 0 aliphatic rings. The van der Waals surface area contributed by atoms with E-state index in [1.807, 2.05) is 19.1 Å². The first-order valence-corrected chi connectivity index (χ1v) is 5.48. The van der Waals surface area contributed by atoms with Crippen LogP contribution in [0.1, 0.15) is 11.5 Å². The van der Waals surface area contributed by atoms with Crippen molar-refractivity contribution in [2.45, 2.75) is 13.5 Å². The Kier molecular flexibility index (Phi) is 2.60. The summed E-state index contributed by atoms with van der Waals surface area (Å²) >= 11 is 0. The summed E-state index contributed by atoms with van der Waals surface area (Å²) in [4.78, 5) is 0. The van der Waals surface area contributed by atoms with Crippen molar-refractivity contribution in [2.24, 2.45) is 0 Å². The number of hydrogen-bond donors (Lipinski definition) is 1. The largest absolute Gasteiger partial charge is 0.465 e. The molecule has 0 amide bonds. The molecule has 92 valence electrons. The lowest BCUT2D eigenvalue weighted by molar-refractivity contribution is 0.484. The van der Waals surface area contributed by atoms with Crippen LogP contribution in [0.25, 0.3) is 11.7 Å². The zero-order chi connectivity index (χ0) is 12.4. The smallest absolute Gasteiger partial charge is 0.316 e. The van der Waals surface area contributed by atoms with Crippen molar-refractivity contribution < 1.29 is 13.3 Å². The van der Waals surface area contributed by atoms with Gasteiger partial charge in [-0.25, -0.2) is 0 Å². The first-order chi connectivity index (χ1) is 8.81. The van der Waals surface area contributed by atoms with Crippen molar-refractivity contribution in [2.75, 3.05) is 5.32 Å². The van der Waals surface area contributed by atoms with Crippen LogP contribution in [0.15, 0.2) is 43.8 Å². The molecule has 3 heterocycles. The molecule has 3 rings (SSSR count). The molecule has 0 spiro atoms. The van der Waals surface area contributed by atoms with Crippen LogP contribution in [0.2, 0.25) is 0 Å². The average Bonchev–Trinajstić information content (AvgIpc) is 3.07. The topological polar surface area (TPSA) is 77.2 Å². The highest BCUT2D eigenvalue weighted by Crippen LogP contribution is 2.20. The minimum Gasteiger partial charge on any atom is -0.465 e. The molecule has 0 aliphatic carbocycles. The van der Waals surface area contributed by atoms with E-state index in [1.165, 1.54) is 0 Å². The number of furan rings is 2. The minimum atomic E-state index is 0.329. The quantitative estimate of drug-likeness (QED) is 0.761. The molecule has 6 heteroatoms. The van der Waals surface area contributed by atoms with Gasteiger partial charge in [-0.15, -0.1) is 5.10 Å². The second kappa shape index (κ2) is 4.40. The van der Waals surface area contributed by atoms with Gasteiger partial charge in [0, 0.05) is 0 Å². The molecule has 0 saturated carbocycles. The molecule has 0 unspecified atom stereocenters. The summed E-state index contributed by atoms with van der Waals surface area (Å²) in [6.45, 7) is 2.39. The van der Waals surface area contributed by atoms with Crippen molar-refractivity contribution in [1.29, 1.82) is 0 Å². The maximum Gasteiger partial charge on any atom is 0.316 e. The molecule has 3 aromatic heterocycles. The first kappa shape index (κ1) is 10.6. The fraction of sp³-hybridized carbons (Fsp3) is 0.167.